The number of aliphatic hydroxyl groups is 1. The smallest absolute Gasteiger partial charge is 0.321 e. The van der Waals surface area contributed by atoms with Gasteiger partial charge in [-0.05, 0) is 51.9 Å². The van der Waals surface area contributed by atoms with Gasteiger partial charge in [0.15, 0.2) is 0 Å². The van der Waals surface area contributed by atoms with Crippen LogP contribution in [0.25, 0.3) is 0 Å². The van der Waals surface area contributed by atoms with Gasteiger partial charge in [0.1, 0.15) is 0 Å². The van der Waals surface area contributed by atoms with Gasteiger partial charge in [0.05, 0.1) is 5.73 Å². The van der Waals surface area contributed by atoms with Gasteiger partial charge >= 0.3 is 8.56 Å². The fourth-order valence-electron chi connectivity index (χ4n) is 1.86. The first-order valence-electron chi connectivity index (χ1n) is 6.89. The van der Waals surface area contributed by atoms with Gasteiger partial charge in [-0.15, -0.1) is 0 Å². The summed E-state index contributed by atoms with van der Waals surface area (Å²) >= 11 is 6.82. The highest BCUT2D eigenvalue weighted by molar-refractivity contribution is 9.09. The normalized spacial score (nSPS) is 14.7. The Kier molecular flexibility index (Phi) is 10.8. The molecule has 0 rings (SSSR count). The Bertz CT molecular complexity index is 241. The van der Waals surface area contributed by atoms with Gasteiger partial charge in [-0.3, -0.25) is 0 Å². The van der Waals surface area contributed by atoms with Gasteiger partial charge in [0.2, 0.25) is 8.32 Å². The van der Waals surface area contributed by atoms with Crippen LogP contribution in [0, 0.1) is 0 Å². The molecule has 0 saturated heterocycles. The van der Waals surface area contributed by atoms with E-state index in [1.54, 1.807) is 0 Å². The summed E-state index contributed by atoms with van der Waals surface area (Å²) in [5.41, 5.74) is -0.317. The topological polar surface area (TPSA) is 38.7 Å². The van der Waals surface area contributed by atoms with Crippen LogP contribution in [0.15, 0.2) is 0 Å². The molecule has 1 atom stereocenters. The van der Waals surface area contributed by atoms with E-state index >= 15 is 0 Å². The van der Waals surface area contributed by atoms with E-state index in [1.807, 2.05) is 0 Å². The number of hydrogen-bond acceptors (Lipinski definition) is 3. The van der Waals surface area contributed by atoms with E-state index in [4.69, 9.17) is 8.54 Å². The standard InChI is InChI=1S/C12H28Br2O3Si2/c1-18(2,12(15)8-7-10-14)17-19(3,4)16-11-6-5-9-13/h12,15H,5-11H2,1-4H3. The molecule has 0 aliphatic carbocycles. The summed E-state index contributed by atoms with van der Waals surface area (Å²) < 4.78 is 12.2. The third-order valence-corrected chi connectivity index (χ3v) is 10.9. The van der Waals surface area contributed by atoms with Gasteiger partial charge in [0.25, 0.3) is 0 Å². The molecule has 0 bridgehead atoms. The van der Waals surface area contributed by atoms with Crippen molar-refractivity contribution in [1.29, 1.82) is 0 Å². The Balaban J connectivity index is 4.20. The molecule has 0 aromatic rings. The summed E-state index contributed by atoms with van der Waals surface area (Å²) in [7, 11) is -4.20. The highest BCUT2D eigenvalue weighted by Gasteiger charge is 2.39. The maximum Gasteiger partial charge on any atom is 0.321 e. The average Bonchev–Trinajstić information content (AvgIpc) is 2.30. The van der Waals surface area contributed by atoms with Crippen LogP contribution in [0.1, 0.15) is 25.7 Å². The minimum absolute atomic E-state index is 0.317. The van der Waals surface area contributed by atoms with Crippen molar-refractivity contribution in [3.05, 3.63) is 0 Å². The maximum atomic E-state index is 10.3. The molecule has 0 saturated carbocycles. The van der Waals surface area contributed by atoms with Crippen LogP contribution in [0.4, 0.5) is 0 Å². The van der Waals surface area contributed by atoms with E-state index < -0.39 is 16.9 Å². The van der Waals surface area contributed by atoms with Crippen molar-refractivity contribution < 1.29 is 13.6 Å². The van der Waals surface area contributed by atoms with Gasteiger partial charge in [-0.2, -0.15) is 0 Å². The Morgan fingerprint density at radius 2 is 1.58 bits per heavy atom. The Morgan fingerprint density at radius 3 is 2.11 bits per heavy atom. The van der Waals surface area contributed by atoms with Crippen molar-refractivity contribution in [3.63, 3.8) is 0 Å². The number of halogens is 2. The molecular weight excluding hydrogens is 408 g/mol. The molecule has 1 N–H and O–H groups in total. The lowest BCUT2D eigenvalue weighted by Gasteiger charge is -2.36. The molecule has 3 nitrogen and oxygen atoms in total. The predicted octanol–water partition coefficient (Wildman–Crippen LogP) is 4.18. The molecule has 1 unspecified atom stereocenters. The number of aliphatic hydroxyl groups excluding tert-OH is 1. The fourth-order valence-corrected chi connectivity index (χ4v) is 9.97. The molecule has 0 aromatic heterocycles. The number of alkyl halides is 2. The molecule has 0 aliphatic heterocycles. The molecule has 0 aliphatic rings. The molecule has 7 heteroatoms. The van der Waals surface area contributed by atoms with Crippen LogP contribution < -0.4 is 0 Å². The number of unbranched alkanes of at least 4 members (excludes halogenated alkanes) is 1. The van der Waals surface area contributed by atoms with Crippen LogP contribution in [0.3, 0.4) is 0 Å². The SMILES string of the molecule is C[Si](C)(OCCCCBr)O[Si](C)(C)C(O)CCCBr. The lowest BCUT2D eigenvalue weighted by atomic mass is 10.4. The molecule has 0 fully saturated rings. The van der Waals surface area contributed by atoms with Crippen molar-refractivity contribution in [2.45, 2.75) is 57.6 Å². The summed E-state index contributed by atoms with van der Waals surface area (Å²) in [4.78, 5) is 0. The van der Waals surface area contributed by atoms with Gasteiger partial charge < -0.3 is 13.6 Å². The lowest BCUT2D eigenvalue weighted by molar-refractivity contribution is 0.192. The Morgan fingerprint density at radius 1 is 1.00 bits per heavy atom. The van der Waals surface area contributed by atoms with E-state index in [1.165, 1.54) is 0 Å². The lowest BCUT2D eigenvalue weighted by Crippen LogP contribution is -2.53. The van der Waals surface area contributed by atoms with Crippen LogP contribution in [-0.2, 0) is 8.54 Å². The average molecular weight is 436 g/mol. The predicted molar refractivity (Wildman–Crippen MR) is 94.1 cm³/mol. The first kappa shape index (κ1) is 20.3. The van der Waals surface area contributed by atoms with Crippen molar-refractivity contribution in [3.8, 4) is 0 Å². The third kappa shape index (κ3) is 9.76. The minimum Gasteiger partial charge on any atom is -0.434 e. The third-order valence-electron chi connectivity index (χ3n) is 2.90. The summed E-state index contributed by atoms with van der Waals surface area (Å²) in [6.07, 6.45) is 3.96. The minimum atomic E-state index is -2.12. The fraction of sp³-hybridized carbons (Fsp3) is 1.00. The van der Waals surface area contributed by atoms with Crippen molar-refractivity contribution in [1.82, 2.24) is 0 Å². The van der Waals surface area contributed by atoms with Crippen LogP contribution in [-0.4, -0.2) is 45.0 Å². The van der Waals surface area contributed by atoms with Crippen molar-refractivity contribution in [2.24, 2.45) is 0 Å². The largest absolute Gasteiger partial charge is 0.434 e. The second-order valence-corrected chi connectivity index (χ2v) is 15.1. The van der Waals surface area contributed by atoms with Gasteiger partial charge in [-0.25, -0.2) is 0 Å². The second kappa shape index (κ2) is 10.1. The van der Waals surface area contributed by atoms with Crippen LogP contribution >= 0.6 is 31.9 Å². The molecule has 0 heterocycles. The molecule has 0 aromatic carbocycles. The summed E-state index contributed by atoms with van der Waals surface area (Å²) in [5, 5.41) is 12.2. The van der Waals surface area contributed by atoms with E-state index in [9.17, 15) is 5.11 Å². The van der Waals surface area contributed by atoms with Gasteiger partial charge in [0, 0.05) is 17.3 Å². The molecule has 19 heavy (non-hydrogen) atoms. The summed E-state index contributed by atoms with van der Waals surface area (Å²) in [5.74, 6) is 0. The zero-order valence-electron chi connectivity index (χ0n) is 12.5. The highest BCUT2D eigenvalue weighted by atomic mass is 79.9. The zero-order valence-corrected chi connectivity index (χ0v) is 17.7. The second-order valence-electron chi connectivity index (χ2n) is 5.70. The summed E-state index contributed by atoms with van der Waals surface area (Å²) in [6, 6.07) is 0. The quantitative estimate of drug-likeness (QED) is 0.300. The van der Waals surface area contributed by atoms with E-state index in [0.29, 0.717) is 0 Å². The maximum absolute atomic E-state index is 10.3. The van der Waals surface area contributed by atoms with Crippen LogP contribution in [0.2, 0.25) is 26.2 Å². The first-order valence-corrected chi connectivity index (χ1v) is 14.9. The Hall–Kier alpha value is 1.27. The molecule has 116 valence electrons. The monoisotopic (exact) mass is 434 g/mol. The highest BCUT2D eigenvalue weighted by Crippen LogP contribution is 2.21. The first-order chi connectivity index (χ1) is 8.75. The van der Waals surface area contributed by atoms with Gasteiger partial charge in [-0.1, -0.05) is 31.9 Å². The molecule has 0 amide bonds. The van der Waals surface area contributed by atoms with E-state index in [0.717, 1.165) is 43.0 Å². The van der Waals surface area contributed by atoms with Crippen molar-refractivity contribution >= 4 is 48.7 Å². The molecule has 0 radical (unpaired) electrons. The van der Waals surface area contributed by atoms with E-state index in [2.05, 4.69) is 58.0 Å². The molecule has 0 spiro atoms. The van der Waals surface area contributed by atoms with Crippen molar-refractivity contribution in [2.75, 3.05) is 17.3 Å². The number of rotatable bonds is 11. The summed E-state index contributed by atoms with van der Waals surface area (Å²) in [6.45, 7) is 9.08. The zero-order chi connectivity index (χ0) is 14.9. The molecular formula is C12H28Br2O3Si2. The van der Waals surface area contributed by atoms with E-state index in [-0.39, 0.29) is 5.73 Å². The number of hydrogen-bond donors (Lipinski definition) is 1. The Labute approximate surface area is 137 Å². The van der Waals surface area contributed by atoms with Crippen LogP contribution in [0.5, 0.6) is 0 Å².